The summed E-state index contributed by atoms with van der Waals surface area (Å²) in [5.41, 5.74) is 5.27. The lowest BCUT2D eigenvalue weighted by molar-refractivity contribution is -0.0260. The molecule has 0 radical (unpaired) electrons. The van der Waals surface area contributed by atoms with Crippen molar-refractivity contribution in [1.82, 2.24) is 5.32 Å². The van der Waals surface area contributed by atoms with Crippen LogP contribution in [0.3, 0.4) is 0 Å². The molecule has 0 heterocycles. The predicted molar refractivity (Wildman–Crippen MR) is 77.3 cm³/mol. The minimum atomic E-state index is -0.603. The first-order chi connectivity index (χ1) is 8.80. The minimum Gasteiger partial charge on any atom is -0.409 e. The number of rotatable bonds is 6. The van der Waals surface area contributed by atoms with Gasteiger partial charge in [-0.05, 0) is 37.5 Å². The van der Waals surface area contributed by atoms with Crippen LogP contribution in [-0.2, 0) is 0 Å². The highest BCUT2D eigenvalue weighted by Crippen LogP contribution is 2.39. The topological polar surface area (TPSA) is 90.9 Å². The Morgan fingerprint density at radius 1 is 1.32 bits per heavy atom. The van der Waals surface area contributed by atoms with E-state index >= 15 is 0 Å². The highest BCUT2D eigenvalue weighted by atomic mass is 16.4. The van der Waals surface area contributed by atoms with Crippen molar-refractivity contribution in [3.8, 4) is 0 Å². The van der Waals surface area contributed by atoms with Crippen molar-refractivity contribution in [1.29, 1.82) is 0 Å². The van der Waals surface area contributed by atoms with Crippen molar-refractivity contribution < 1.29 is 10.3 Å². The van der Waals surface area contributed by atoms with Gasteiger partial charge in [0, 0.05) is 19.0 Å². The quantitative estimate of drug-likeness (QED) is 0.257. The maximum absolute atomic E-state index is 10.6. The number of amidine groups is 1. The van der Waals surface area contributed by atoms with E-state index in [1.807, 2.05) is 0 Å². The Kier molecular flexibility index (Phi) is 5.62. The van der Waals surface area contributed by atoms with Crippen LogP contribution in [-0.4, -0.2) is 34.3 Å². The maximum Gasteiger partial charge on any atom is 0.140 e. The lowest BCUT2D eigenvalue weighted by atomic mass is 9.71. The van der Waals surface area contributed by atoms with E-state index in [-0.39, 0.29) is 11.9 Å². The van der Waals surface area contributed by atoms with Crippen LogP contribution in [0.25, 0.3) is 0 Å². The van der Waals surface area contributed by atoms with Crippen LogP contribution >= 0.6 is 0 Å². The van der Waals surface area contributed by atoms with Crippen molar-refractivity contribution in [2.24, 2.45) is 16.3 Å². The first-order valence-corrected chi connectivity index (χ1v) is 7.22. The number of hydrogen-bond donors (Lipinski definition) is 4. The zero-order valence-corrected chi connectivity index (χ0v) is 12.4. The van der Waals surface area contributed by atoms with Crippen LogP contribution in [0, 0.1) is 5.41 Å². The Morgan fingerprint density at radius 2 is 1.89 bits per heavy atom. The van der Waals surface area contributed by atoms with Gasteiger partial charge in [0.15, 0.2) is 0 Å². The van der Waals surface area contributed by atoms with Gasteiger partial charge in [-0.1, -0.05) is 25.9 Å². The average molecular weight is 271 g/mol. The van der Waals surface area contributed by atoms with E-state index < -0.39 is 5.60 Å². The first-order valence-electron chi connectivity index (χ1n) is 7.22. The van der Waals surface area contributed by atoms with E-state index in [9.17, 15) is 5.11 Å². The number of oxime groups is 1. The molecule has 1 fully saturated rings. The Bertz CT molecular complexity index is 306. The van der Waals surface area contributed by atoms with Gasteiger partial charge >= 0.3 is 0 Å². The molecule has 1 saturated carbocycles. The van der Waals surface area contributed by atoms with Crippen molar-refractivity contribution in [2.45, 2.75) is 70.9 Å². The largest absolute Gasteiger partial charge is 0.409 e. The fourth-order valence-corrected chi connectivity index (χ4v) is 2.56. The first kappa shape index (κ1) is 16.2. The molecule has 1 atom stereocenters. The van der Waals surface area contributed by atoms with Crippen molar-refractivity contribution >= 4 is 5.84 Å². The summed E-state index contributed by atoms with van der Waals surface area (Å²) in [4.78, 5) is 0. The van der Waals surface area contributed by atoms with Crippen molar-refractivity contribution in [2.75, 3.05) is 6.54 Å². The van der Waals surface area contributed by atoms with Gasteiger partial charge < -0.3 is 21.4 Å². The normalized spacial score (nSPS) is 24.1. The SMILES string of the molecule is CCC(CC(N)=NO)NCC1(O)CCC(C)(C)CC1. The van der Waals surface area contributed by atoms with Crippen molar-refractivity contribution in [3.05, 3.63) is 0 Å². The van der Waals surface area contributed by atoms with E-state index in [2.05, 4.69) is 31.2 Å². The lowest BCUT2D eigenvalue weighted by Crippen LogP contribution is -2.48. The van der Waals surface area contributed by atoms with E-state index in [1.54, 1.807) is 0 Å². The molecule has 0 amide bonds. The molecule has 0 bridgehead atoms. The Labute approximate surface area is 116 Å². The van der Waals surface area contributed by atoms with E-state index in [0.717, 1.165) is 32.1 Å². The van der Waals surface area contributed by atoms with Crippen LogP contribution in [0.5, 0.6) is 0 Å². The Morgan fingerprint density at radius 3 is 2.37 bits per heavy atom. The van der Waals surface area contributed by atoms with Gasteiger partial charge in [0.05, 0.1) is 5.60 Å². The maximum atomic E-state index is 10.6. The van der Waals surface area contributed by atoms with E-state index in [4.69, 9.17) is 10.9 Å². The molecule has 0 spiro atoms. The second-order valence-electron chi connectivity index (χ2n) is 6.67. The molecule has 0 aromatic rings. The third-order valence-electron chi connectivity index (χ3n) is 4.33. The van der Waals surface area contributed by atoms with Gasteiger partial charge in [-0.3, -0.25) is 0 Å². The fourth-order valence-electron chi connectivity index (χ4n) is 2.56. The highest BCUT2D eigenvalue weighted by molar-refractivity contribution is 5.80. The predicted octanol–water partition coefficient (Wildman–Crippen LogP) is 1.82. The molecule has 1 aliphatic carbocycles. The number of nitrogens with two attached hydrogens (primary N) is 1. The molecule has 1 rings (SSSR count). The van der Waals surface area contributed by atoms with Crippen LogP contribution in [0.15, 0.2) is 5.16 Å². The molecule has 19 heavy (non-hydrogen) atoms. The van der Waals surface area contributed by atoms with E-state index in [0.29, 0.717) is 18.4 Å². The Hall–Kier alpha value is -0.810. The molecule has 0 aliphatic heterocycles. The summed E-state index contributed by atoms with van der Waals surface area (Å²) >= 11 is 0. The summed E-state index contributed by atoms with van der Waals surface area (Å²) < 4.78 is 0. The fraction of sp³-hybridized carbons (Fsp3) is 0.929. The van der Waals surface area contributed by atoms with Crippen LogP contribution in [0.1, 0.15) is 59.3 Å². The third kappa shape index (κ3) is 5.37. The summed E-state index contributed by atoms with van der Waals surface area (Å²) in [5, 5.41) is 25.5. The van der Waals surface area contributed by atoms with Gasteiger partial charge in [-0.25, -0.2) is 0 Å². The summed E-state index contributed by atoms with van der Waals surface area (Å²) in [6.07, 6.45) is 5.19. The average Bonchev–Trinajstić information content (AvgIpc) is 2.38. The van der Waals surface area contributed by atoms with Crippen LogP contribution in [0.2, 0.25) is 0 Å². The second kappa shape index (κ2) is 6.57. The zero-order valence-electron chi connectivity index (χ0n) is 12.4. The van der Waals surface area contributed by atoms with Crippen LogP contribution < -0.4 is 11.1 Å². The smallest absolute Gasteiger partial charge is 0.140 e. The molecular formula is C14H29N3O2. The molecule has 5 nitrogen and oxygen atoms in total. The molecule has 1 aliphatic rings. The Balaban J connectivity index is 2.42. The molecule has 5 heteroatoms. The van der Waals surface area contributed by atoms with Gasteiger partial charge in [-0.15, -0.1) is 0 Å². The zero-order chi connectivity index (χ0) is 14.5. The molecular weight excluding hydrogens is 242 g/mol. The molecule has 0 aromatic heterocycles. The number of hydrogen-bond acceptors (Lipinski definition) is 4. The van der Waals surface area contributed by atoms with Crippen molar-refractivity contribution in [3.63, 3.8) is 0 Å². The summed E-state index contributed by atoms with van der Waals surface area (Å²) in [6.45, 7) is 7.15. The van der Waals surface area contributed by atoms with Gasteiger partial charge in [-0.2, -0.15) is 0 Å². The number of nitrogens with zero attached hydrogens (tertiary/aromatic N) is 1. The highest BCUT2D eigenvalue weighted by Gasteiger charge is 2.36. The monoisotopic (exact) mass is 271 g/mol. The number of aliphatic hydroxyl groups is 1. The summed E-state index contributed by atoms with van der Waals surface area (Å²) in [5.74, 6) is 0.233. The lowest BCUT2D eigenvalue weighted by Gasteiger charge is -2.41. The standard InChI is InChI=1S/C14H29N3O2/c1-4-11(9-12(15)17-19)16-10-14(18)7-5-13(2,3)6-8-14/h11,16,18-19H,4-10H2,1-3H3,(H2,15,17). The molecule has 1 unspecified atom stereocenters. The molecule has 5 N–H and O–H groups in total. The third-order valence-corrected chi connectivity index (χ3v) is 4.33. The molecule has 0 saturated heterocycles. The minimum absolute atomic E-state index is 0.148. The van der Waals surface area contributed by atoms with Crippen LogP contribution in [0.4, 0.5) is 0 Å². The summed E-state index contributed by atoms with van der Waals surface area (Å²) in [6, 6.07) is 0.148. The van der Waals surface area contributed by atoms with Gasteiger partial charge in [0.25, 0.3) is 0 Å². The summed E-state index contributed by atoms with van der Waals surface area (Å²) in [7, 11) is 0. The molecule has 112 valence electrons. The molecule has 0 aromatic carbocycles. The van der Waals surface area contributed by atoms with Gasteiger partial charge in [0.2, 0.25) is 0 Å². The number of nitrogens with one attached hydrogen (secondary N) is 1. The van der Waals surface area contributed by atoms with Gasteiger partial charge in [0.1, 0.15) is 5.84 Å². The second-order valence-corrected chi connectivity index (χ2v) is 6.67. The van der Waals surface area contributed by atoms with E-state index in [1.165, 1.54) is 0 Å².